The molecule has 0 saturated heterocycles. The zero-order chi connectivity index (χ0) is 8.55. The van der Waals surface area contributed by atoms with E-state index in [2.05, 4.69) is 28.9 Å². The molecule has 0 fully saturated rings. The molecule has 1 aromatic rings. The van der Waals surface area contributed by atoms with Crippen LogP contribution in [0.25, 0.3) is 0 Å². The lowest BCUT2D eigenvalue weighted by atomic mass is 10.2. The smallest absolute Gasteiger partial charge is 0.0537 e. The Morgan fingerprint density at radius 1 is 1.58 bits per heavy atom. The van der Waals surface area contributed by atoms with Gasteiger partial charge in [0, 0.05) is 25.2 Å². The van der Waals surface area contributed by atoms with Crippen molar-refractivity contribution in [1.82, 2.24) is 15.1 Å². The fraction of sp³-hybridized carbons (Fsp3) is 0.667. The van der Waals surface area contributed by atoms with Gasteiger partial charge in [0.15, 0.2) is 0 Å². The Kier molecular flexibility index (Phi) is 1.89. The zero-order valence-corrected chi connectivity index (χ0v) is 7.67. The number of aromatic nitrogens is 2. The highest BCUT2D eigenvalue weighted by atomic mass is 15.2. The van der Waals surface area contributed by atoms with Crippen LogP contribution in [0.3, 0.4) is 0 Å². The van der Waals surface area contributed by atoms with Crippen molar-refractivity contribution < 1.29 is 0 Å². The molecule has 0 atom stereocenters. The minimum absolute atomic E-state index is 0.752. The van der Waals surface area contributed by atoms with Crippen molar-refractivity contribution in [1.29, 1.82) is 0 Å². The predicted octanol–water partition coefficient (Wildman–Crippen LogP) is 1.38. The van der Waals surface area contributed by atoms with Crippen LogP contribution in [-0.4, -0.2) is 21.6 Å². The van der Waals surface area contributed by atoms with Gasteiger partial charge >= 0.3 is 0 Å². The van der Waals surface area contributed by atoms with Gasteiger partial charge in [-0.3, -0.25) is 10.00 Å². The van der Waals surface area contributed by atoms with Crippen molar-refractivity contribution >= 4 is 0 Å². The number of fused-ring (bicyclic) bond motifs is 1. The molecule has 3 heteroatoms. The second-order valence-electron chi connectivity index (χ2n) is 3.94. The summed E-state index contributed by atoms with van der Waals surface area (Å²) in [6.45, 7) is 7.82. The lowest BCUT2D eigenvalue weighted by Crippen LogP contribution is -2.21. The van der Waals surface area contributed by atoms with Crippen LogP contribution in [0.2, 0.25) is 0 Å². The van der Waals surface area contributed by atoms with E-state index >= 15 is 0 Å². The molecular formula is C9H15N3. The number of nitrogens with zero attached hydrogens (tertiary/aromatic N) is 2. The maximum atomic E-state index is 4.01. The first-order valence-electron chi connectivity index (χ1n) is 4.49. The number of hydrogen-bond acceptors (Lipinski definition) is 2. The van der Waals surface area contributed by atoms with Gasteiger partial charge in [0.05, 0.1) is 11.9 Å². The minimum Gasteiger partial charge on any atom is -0.293 e. The summed E-state index contributed by atoms with van der Waals surface area (Å²) in [6, 6.07) is 0. The lowest BCUT2D eigenvalue weighted by Gasteiger charge is -2.16. The van der Waals surface area contributed by atoms with Crippen LogP contribution in [0.1, 0.15) is 25.1 Å². The molecule has 0 unspecified atom stereocenters. The molecule has 2 heterocycles. The van der Waals surface area contributed by atoms with E-state index < -0.39 is 0 Å². The number of nitrogens with one attached hydrogen (secondary N) is 1. The lowest BCUT2D eigenvalue weighted by molar-refractivity contribution is 0.248. The van der Waals surface area contributed by atoms with E-state index in [1.807, 2.05) is 6.20 Å². The van der Waals surface area contributed by atoms with Crippen LogP contribution in [0, 0.1) is 5.92 Å². The summed E-state index contributed by atoms with van der Waals surface area (Å²) in [5, 5.41) is 7.03. The van der Waals surface area contributed by atoms with Gasteiger partial charge in [0.1, 0.15) is 0 Å². The molecule has 1 aliphatic heterocycles. The second kappa shape index (κ2) is 2.90. The number of H-pyrrole nitrogens is 1. The van der Waals surface area contributed by atoms with Crippen molar-refractivity contribution in [3.63, 3.8) is 0 Å². The Balaban J connectivity index is 1.98. The third-order valence-electron chi connectivity index (χ3n) is 2.21. The van der Waals surface area contributed by atoms with Gasteiger partial charge in [0.25, 0.3) is 0 Å². The summed E-state index contributed by atoms with van der Waals surface area (Å²) in [5.74, 6) is 0.752. The van der Waals surface area contributed by atoms with Gasteiger partial charge in [-0.1, -0.05) is 13.8 Å². The highest BCUT2D eigenvalue weighted by molar-refractivity contribution is 5.20. The van der Waals surface area contributed by atoms with Crippen LogP contribution < -0.4 is 0 Å². The summed E-state index contributed by atoms with van der Waals surface area (Å²) in [7, 11) is 0. The third kappa shape index (κ3) is 1.37. The highest BCUT2D eigenvalue weighted by Gasteiger charge is 2.20. The van der Waals surface area contributed by atoms with Gasteiger partial charge in [-0.2, -0.15) is 5.10 Å². The van der Waals surface area contributed by atoms with Crippen LogP contribution in [0.4, 0.5) is 0 Å². The Morgan fingerprint density at radius 3 is 3.08 bits per heavy atom. The molecule has 12 heavy (non-hydrogen) atoms. The first kappa shape index (κ1) is 7.80. The SMILES string of the molecule is CC(C)CN1Cc2cn[nH]c2C1. The Hall–Kier alpha value is -0.830. The van der Waals surface area contributed by atoms with E-state index in [4.69, 9.17) is 0 Å². The van der Waals surface area contributed by atoms with E-state index in [9.17, 15) is 0 Å². The molecule has 0 amide bonds. The number of aromatic amines is 1. The molecule has 0 saturated carbocycles. The van der Waals surface area contributed by atoms with E-state index in [-0.39, 0.29) is 0 Å². The maximum Gasteiger partial charge on any atom is 0.0537 e. The van der Waals surface area contributed by atoms with Crippen LogP contribution in [-0.2, 0) is 13.1 Å². The number of hydrogen-bond donors (Lipinski definition) is 1. The van der Waals surface area contributed by atoms with E-state index in [1.165, 1.54) is 17.8 Å². The Bertz CT molecular complexity index is 244. The maximum absolute atomic E-state index is 4.01. The molecule has 0 aliphatic carbocycles. The predicted molar refractivity (Wildman–Crippen MR) is 47.5 cm³/mol. The number of rotatable bonds is 2. The average Bonchev–Trinajstić information content (AvgIpc) is 2.43. The van der Waals surface area contributed by atoms with Gasteiger partial charge in [-0.15, -0.1) is 0 Å². The van der Waals surface area contributed by atoms with Gasteiger partial charge in [-0.05, 0) is 5.92 Å². The average molecular weight is 165 g/mol. The molecule has 1 aromatic heterocycles. The molecule has 1 N–H and O–H groups in total. The molecule has 3 nitrogen and oxygen atoms in total. The van der Waals surface area contributed by atoms with Crippen molar-refractivity contribution in [3.8, 4) is 0 Å². The second-order valence-corrected chi connectivity index (χ2v) is 3.94. The zero-order valence-electron chi connectivity index (χ0n) is 7.67. The van der Waals surface area contributed by atoms with Crippen molar-refractivity contribution in [3.05, 3.63) is 17.5 Å². The van der Waals surface area contributed by atoms with E-state index in [0.29, 0.717) is 0 Å². The van der Waals surface area contributed by atoms with E-state index in [1.54, 1.807) is 0 Å². The topological polar surface area (TPSA) is 31.9 Å². The van der Waals surface area contributed by atoms with Gasteiger partial charge in [0.2, 0.25) is 0 Å². The van der Waals surface area contributed by atoms with Gasteiger partial charge in [-0.25, -0.2) is 0 Å². The molecule has 0 radical (unpaired) electrons. The fourth-order valence-corrected chi connectivity index (χ4v) is 1.78. The quantitative estimate of drug-likeness (QED) is 0.718. The summed E-state index contributed by atoms with van der Waals surface area (Å²) < 4.78 is 0. The highest BCUT2D eigenvalue weighted by Crippen LogP contribution is 2.20. The van der Waals surface area contributed by atoms with Crippen LogP contribution in [0.15, 0.2) is 6.20 Å². The van der Waals surface area contributed by atoms with Crippen LogP contribution >= 0.6 is 0 Å². The Labute approximate surface area is 72.8 Å². The van der Waals surface area contributed by atoms with Crippen molar-refractivity contribution in [2.75, 3.05) is 6.54 Å². The van der Waals surface area contributed by atoms with Crippen LogP contribution in [0.5, 0.6) is 0 Å². The van der Waals surface area contributed by atoms with E-state index in [0.717, 1.165) is 19.0 Å². The molecular weight excluding hydrogens is 150 g/mol. The summed E-state index contributed by atoms with van der Waals surface area (Å²) in [5.41, 5.74) is 2.67. The molecule has 0 aromatic carbocycles. The first-order valence-corrected chi connectivity index (χ1v) is 4.49. The summed E-state index contributed by atoms with van der Waals surface area (Å²) in [6.07, 6.45) is 1.94. The molecule has 2 rings (SSSR count). The molecule has 1 aliphatic rings. The van der Waals surface area contributed by atoms with Gasteiger partial charge < -0.3 is 0 Å². The summed E-state index contributed by atoms with van der Waals surface area (Å²) >= 11 is 0. The summed E-state index contributed by atoms with van der Waals surface area (Å²) in [4.78, 5) is 2.45. The van der Waals surface area contributed by atoms with Crippen molar-refractivity contribution in [2.45, 2.75) is 26.9 Å². The minimum atomic E-state index is 0.752. The molecule has 0 spiro atoms. The van der Waals surface area contributed by atoms with Crippen molar-refractivity contribution in [2.24, 2.45) is 5.92 Å². The monoisotopic (exact) mass is 165 g/mol. The largest absolute Gasteiger partial charge is 0.293 e. The third-order valence-corrected chi connectivity index (χ3v) is 2.21. The Morgan fingerprint density at radius 2 is 2.42 bits per heavy atom. The first-order chi connectivity index (χ1) is 5.75. The standard InChI is InChI=1S/C9H15N3/c1-7(2)4-12-5-8-3-10-11-9(8)6-12/h3,7H,4-6H2,1-2H3,(H,10,11). The molecule has 66 valence electrons. The molecule has 0 bridgehead atoms. The normalized spacial score (nSPS) is 17.2. The fourth-order valence-electron chi connectivity index (χ4n) is 1.78.